The molecule has 9 nitrogen and oxygen atoms in total. The number of hydrogen-bond acceptors (Lipinski definition) is 9. The SMILES string of the molecule is CN(C)C(=O)c1nccc(Nc2c(N[C@H]3c4scnc4CCC3(C)C)c(=O)c2=O)c1O. The molecule has 0 unspecified atom stereocenters. The Hall–Kier alpha value is -3.27. The van der Waals surface area contributed by atoms with Crippen LogP contribution in [0.2, 0.25) is 0 Å². The Morgan fingerprint density at radius 2 is 1.94 bits per heavy atom. The van der Waals surface area contributed by atoms with Gasteiger partial charge in [0.05, 0.1) is 27.8 Å². The topological polar surface area (TPSA) is 125 Å². The van der Waals surface area contributed by atoms with Crippen molar-refractivity contribution >= 4 is 34.3 Å². The third-order valence-corrected chi connectivity index (χ3v) is 6.65. The molecule has 1 aliphatic carbocycles. The van der Waals surface area contributed by atoms with Gasteiger partial charge in [0.1, 0.15) is 11.4 Å². The quantitative estimate of drug-likeness (QED) is 0.516. The molecule has 162 valence electrons. The Morgan fingerprint density at radius 1 is 1.23 bits per heavy atom. The van der Waals surface area contributed by atoms with Gasteiger partial charge in [-0.3, -0.25) is 14.4 Å². The van der Waals surface area contributed by atoms with Crippen LogP contribution in [-0.2, 0) is 6.42 Å². The standard InChI is InChI=1S/C21H23N5O4S/c1-21(2)7-5-11-18(31-9-23-11)19(21)25-13-12(16(28)17(13)29)24-10-6-8-22-14(15(10)27)20(30)26(3)4/h6,8-9,19,25,27H,5,7H2,1-4H3,(H,22,24)/t19-/m0/s1. The van der Waals surface area contributed by atoms with Crippen LogP contribution in [0.15, 0.2) is 27.4 Å². The number of aromatic hydroxyl groups is 1. The predicted octanol–water partition coefficient (Wildman–Crippen LogP) is 2.41. The van der Waals surface area contributed by atoms with Crippen molar-refractivity contribution in [3.05, 3.63) is 54.5 Å². The van der Waals surface area contributed by atoms with Crippen molar-refractivity contribution in [3.8, 4) is 5.75 Å². The molecule has 0 aliphatic heterocycles. The molecular weight excluding hydrogens is 418 g/mol. The van der Waals surface area contributed by atoms with E-state index in [2.05, 4.69) is 34.4 Å². The van der Waals surface area contributed by atoms with Crippen molar-refractivity contribution in [2.24, 2.45) is 5.41 Å². The molecule has 0 saturated carbocycles. The summed E-state index contributed by atoms with van der Waals surface area (Å²) in [6.07, 6.45) is 3.11. The van der Waals surface area contributed by atoms with Crippen molar-refractivity contribution in [2.75, 3.05) is 24.7 Å². The van der Waals surface area contributed by atoms with E-state index in [1.54, 1.807) is 19.6 Å². The summed E-state index contributed by atoms with van der Waals surface area (Å²) >= 11 is 1.53. The molecule has 0 fully saturated rings. The summed E-state index contributed by atoms with van der Waals surface area (Å²) in [5.41, 5.74) is 1.55. The average Bonchev–Trinajstić information content (AvgIpc) is 3.20. The van der Waals surface area contributed by atoms with Gasteiger partial charge in [0, 0.05) is 20.3 Å². The highest BCUT2D eigenvalue weighted by Gasteiger charge is 2.39. The zero-order valence-corrected chi connectivity index (χ0v) is 18.5. The van der Waals surface area contributed by atoms with Crippen molar-refractivity contribution < 1.29 is 9.90 Å². The molecule has 3 aromatic rings. The third kappa shape index (κ3) is 3.46. The van der Waals surface area contributed by atoms with Gasteiger partial charge in [-0.2, -0.15) is 0 Å². The minimum Gasteiger partial charge on any atom is -0.504 e. The number of anilines is 3. The van der Waals surface area contributed by atoms with E-state index in [0.717, 1.165) is 23.4 Å². The number of nitrogens with zero attached hydrogens (tertiary/aromatic N) is 3. The number of amides is 1. The summed E-state index contributed by atoms with van der Waals surface area (Å²) in [7, 11) is 3.09. The number of aromatic nitrogens is 2. The molecule has 4 rings (SSSR count). The molecule has 0 radical (unpaired) electrons. The van der Waals surface area contributed by atoms with Gasteiger partial charge in [-0.25, -0.2) is 9.97 Å². The number of nitrogens with one attached hydrogen (secondary N) is 2. The molecule has 3 N–H and O–H groups in total. The van der Waals surface area contributed by atoms with Crippen LogP contribution >= 0.6 is 11.3 Å². The van der Waals surface area contributed by atoms with E-state index in [4.69, 9.17) is 0 Å². The fraction of sp³-hybridized carbons (Fsp3) is 0.381. The molecule has 1 aliphatic rings. The smallest absolute Gasteiger partial charge is 0.275 e. The highest BCUT2D eigenvalue weighted by molar-refractivity contribution is 7.09. The number of rotatable bonds is 5. The minimum atomic E-state index is -0.683. The fourth-order valence-corrected chi connectivity index (χ4v) is 4.85. The number of aryl methyl sites for hydroxylation is 1. The summed E-state index contributed by atoms with van der Waals surface area (Å²) in [4.78, 5) is 47.6. The lowest BCUT2D eigenvalue weighted by atomic mass is 9.74. The second kappa shape index (κ2) is 7.45. The number of carbonyl (C=O) groups is 1. The van der Waals surface area contributed by atoms with Gasteiger partial charge >= 0.3 is 0 Å². The van der Waals surface area contributed by atoms with E-state index >= 15 is 0 Å². The van der Waals surface area contributed by atoms with Crippen LogP contribution in [0.4, 0.5) is 17.1 Å². The maximum Gasteiger partial charge on any atom is 0.275 e. The van der Waals surface area contributed by atoms with Crippen molar-refractivity contribution in [1.82, 2.24) is 14.9 Å². The minimum absolute atomic E-state index is 0.0576. The summed E-state index contributed by atoms with van der Waals surface area (Å²) in [5, 5.41) is 16.6. The first-order valence-corrected chi connectivity index (χ1v) is 10.7. The number of carbonyl (C=O) groups excluding carboxylic acids is 1. The monoisotopic (exact) mass is 441 g/mol. The largest absolute Gasteiger partial charge is 0.504 e. The van der Waals surface area contributed by atoms with Crippen LogP contribution in [-0.4, -0.2) is 40.0 Å². The van der Waals surface area contributed by atoms with E-state index in [1.807, 2.05) is 0 Å². The summed E-state index contributed by atoms with van der Waals surface area (Å²) in [6.45, 7) is 4.22. The summed E-state index contributed by atoms with van der Waals surface area (Å²) < 4.78 is 0. The zero-order chi connectivity index (χ0) is 22.5. The molecule has 0 spiro atoms. The van der Waals surface area contributed by atoms with Gasteiger partial charge in [-0.05, 0) is 24.3 Å². The lowest BCUT2D eigenvalue weighted by Crippen LogP contribution is -2.41. The van der Waals surface area contributed by atoms with E-state index in [-0.39, 0.29) is 40.0 Å². The first-order valence-electron chi connectivity index (χ1n) is 9.80. The number of thiazole rings is 1. The van der Waals surface area contributed by atoms with Gasteiger partial charge in [0.2, 0.25) is 0 Å². The Morgan fingerprint density at radius 3 is 2.65 bits per heavy atom. The molecule has 31 heavy (non-hydrogen) atoms. The van der Waals surface area contributed by atoms with Crippen LogP contribution in [0.5, 0.6) is 5.75 Å². The molecule has 1 atom stereocenters. The van der Waals surface area contributed by atoms with Crippen molar-refractivity contribution in [2.45, 2.75) is 32.7 Å². The molecule has 2 aromatic heterocycles. The van der Waals surface area contributed by atoms with Gasteiger partial charge in [0.15, 0.2) is 11.4 Å². The Kier molecular flexibility index (Phi) is 5.04. The molecule has 0 bridgehead atoms. The van der Waals surface area contributed by atoms with Crippen LogP contribution in [0, 0.1) is 5.41 Å². The van der Waals surface area contributed by atoms with Crippen molar-refractivity contribution in [3.63, 3.8) is 0 Å². The second-order valence-electron chi connectivity index (χ2n) is 8.52. The molecule has 1 amide bonds. The maximum atomic E-state index is 12.4. The first-order chi connectivity index (χ1) is 14.6. The Labute approximate surface area is 182 Å². The fourth-order valence-electron chi connectivity index (χ4n) is 3.75. The highest BCUT2D eigenvalue weighted by atomic mass is 32.1. The molecular formula is C21H23N5O4S. The van der Waals surface area contributed by atoms with Crippen LogP contribution in [0.3, 0.4) is 0 Å². The lowest BCUT2D eigenvalue weighted by molar-refractivity contribution is 0.0819. The zero-order valence-electron chi connectivity index (χ0n) is 17.6. The normalized spacial score (nSPS) is 17.2. The third-order valence-electron chi connectivity index (χ3n) is 5.71. The first kappa shape index (κ1) is 21.0. The second-order valence-corrected chi connectivity index (χ2v) is 9.40. The van der Waals surface area contributed by atoms with Crippen LogP contribution in [0.1, 0.15) is 47.4 Å². The average molecular weight is 442 g/mol. The maximum absolute atomic E-state index is 12.4. The van der Waals surface area contributed by atoms with Gasteiger partial charge in [-0.15, -0.1) is 11.3 Å². The van der Waals surface area contributed by atoms with E-state index in [0.29, 0.717) is 0 Å². The Bertz CT molecular complexity index is 1240. The van der Waals surface area contributed by atoms with Gasteiger partial charge < -0.3 is 20.6 Å². The van der Waals surface area contributed by atoms with Gasteiger partial charge in [0.25, 0.3) is 16.8 Å². The van der Waals surface area contributed by atoms with E-state index in [1.165, 1.54) is 28.5 Å². The summed E-state index contributed by atoms with van der Waals surface area (Å²) in [5.74, 6) is -0.867. The molecule has 10 heteroatoms. The molecule has 2 heterocycles. The number of fused-ring (bicyclic) bond motifs is 1. The Balaban J connectivity index is 1.67. The summed E-state index contributed by atoms with van der Waals surface area (Å²) in [6, 6.07) is 1.26. The predicted molar refractivity (Wildman–Crippen MR) is 119 cm³/mol. The number of hydrogen-bond donors (Lipinski definition) is 3. The van der Waals surface area contributed by atoms with Gasteiger partial charge in [-0.1, -0.05) is 13.8 Å². The van der Waals surface area contributed by atoms with Crippen molar-refractivity contribution in [1.29, 1.82) is 0 Å². The lowest BCUT2D eigenvalue weighted by Gasteiger charge is -2.39. The van der Waals surface area contributed by atoms with E-state index < -0.39 is 16.8 Å². The molecule has 1 aromatic carbocycles. The molecule has 0 saturated heterocycles. The van der Waals surface area contributed by atoms with E-state index in [9.17, 15) is 19.5 Å². The number of pyridine rings is 1. The highest BCUT2D eigenvalue weighted by Crippen LogP contribution is 2.47. The van der Waals surface area contributed by atoms with Crippen LogP contribution < -0.4 is 21.5 Å². The van der Waals surface area contributed by atoms with Crippen LogP contribution in [0.25, 0.3) is 0 Å².